The topological polar surface area (TPSA) is 40.5 Å². The lowest BCUT2D eigenvalue weighted by Crippen LogP contribution is -2.16. The van der Waals surface area contributed by atoms with Crippen LogP contribution in [0.2, 0.25) is 0 Å². The van der Waals surface area contributed by atoms with E-state index in [1.54, 1.807) is 0 Å². The Hall–Kier alpha value is -1.96. The van der Waals surface area contributed by atoms with E-state index in [2.05, 4.69) is 24.3 Å². The van der Waals surface area contributed by atoms with Gasteiger partial charge in [-0.25, -0.2) is 0 Å². The maximum Gasteiger partial charge on any atom is 0.119 e. The monoisotopic (exact) mass is 460 g/mol. The van der Waals surface area contributed by atoms with Gasteiger partial charge in [0.1, 0.15) is 11.5 Å². The van der Waals surface area contributed by atoms with Crippen molar-refractivity contribution in [3.8, 4) is 11.5 Å². The number of aromatic hydroxyl groups is 2. The van der Waals surface area contributed by atoms with Crippen molar-refractivity contribution >= 4 is 0 Å². The van der Waals surface area contributed by atoms with Gasteiger partial charge in [-0.3, -0.25) is 0 Å². The molecule has 0 aliphatic heterocycles. The summed E-state index contributed by atoms with van der Waals surface area (Å²) in [6, 6.07) is 13.2. The molecule has 0 bridgehead atoms. The Morgan fingerprint density at radius 3 is 1.21 bits per heavy atom. The van der Waals surface area contributed by atoms with Crippen molar-refractivity contribution in [1.82, 2.24) is 0 Å². The van der Waals surface area contributed by atoms with Crippen LogP contribution in [0.15, 0.2) is 36.4 Å². The zero-order valence-electron chi connectivity index (χ0n) is 21.0. The van der Waals surface area contributed by atoms with Gasteiger partial charge in [-0.2, -0.15) is 0 Å². The quantitative estimate of drug-likeness (QED) is 0.477. The molecule has 3 fully saturated rings. The fourth-order valence-electron chi connectivity index (χ4n) is 7.37. The molecule has 0 spiro atoms. The lowest BCUT2D eigenvalue weighted by molar-refractivity contribution is 0.395. The lowest BCUT2D eigenvalue weighted by Gasteiger charge is -2.32. The predicted octanol–water partition coefficient (Wildman–Crippen LogP) is 9.41. The number of hydrogen-bond acceptors (Lipinski definition) is 2. The number of phenols is 2. The first kappa shape index (κ1) is 23.8. The summed E-state index contributed by atoms with van der Waals surface area (Å²) in [5.41, 5.74) is 5.26. The van der Waals surface area contributed by atoms with E-state index in [-0.39, 0.29) is 0 Å². The highest BCUT2D eigenvalue weighted by Gasteiger charge is 2.29. The Bertz CT molecular complexity index is 859. The Morgan fingerprint density at radius 2 is 0.794 bits per heavy atom. The second-order valence-corrected chi connectivity index (χ2v) is 11.5. The van der Waals surface area contributed by atoms with Crippen LogP contribution < -0.4 is 0 Å². The summed E-state index contributed by atoms with van der Waals surface area (Å²) in [7, 11) is 0. The van der Waals surface area contributed by atoms with Crippen LogP contribution in [0.4, 0.5) is 0 Å². The van der Waals surface area contributed by atoms with Gasteiger partial charge in [-0.1, -0.05) is 88.5 Å². The summed E-state index contributed by atoms with van der Waals surface area (Å²) < 4.78 is 0. The lowest BCUT2D eigenvalue weighted by atomic mass is 9.72. The average Bonchev–Trinajstić information content (AvgIpc) is 2.86. The summed E-state index contributed by atoms with van der Waals surface area (Å²) in [4.78, 5) is 0. The van der Waals surface area contributed by atoms with Gasteiger partial charge in [0.05, 0.1) is 0 Å². The molecule has 0 saturated heterocycles. The molecule has 0 aromatic heterocycles. The molecule has 0 radical (unpaired) electrons. The summed E-state index contributed by atoms with van der Waals surface area (Å²) in [6.45, 7) is 0. The largest absolute Gasteiger partial charge is 0.508 e. The minimum Gasteiger partial charge on any atom is -0.508 e. The van der Waals surface area contributed by atoms with Crippen LogP contribution in [0, 0.1) is 0 Å². The van der Waals surface area contributed by atoms with E-state index in [4.69, 9.17) is 0 Å². The first-order chi connectivity index (χ1) is 16.7. The first-order valence-corrected chi connectivity index (χ1v) is 14.4. The third-order valence-electron chi connectivity index (χ3n) is 9.32. The van der Waals surface area contributed by atoms with Crippen LogP contribution in [0.25, 0.3) is 0 Å². The molecule has 3 saturated carbocycles. The molecule has 2 aromatic carbocycles. The maximum atomic E-state index is 10.8. The molecule has 2 heteroatoms. The summed E-state index contributed by atoms with van der Waals surface area (Å²) in [5, 5.41) is 21.5. The first-order valence-electron chi connectivity index (χ1n) is 14.4. The van der Waals surface area contributed by atoms with Crippen molar-refractivity contribution in [3.63, 3.8) is 0 Å². The molecule has 0 heterocycles. The Kier molecular flexibility index (Phi) is 7.82. The molecule has 0 amide bonds. The zero-order valence-corrected chi connectivity index (χ0v) is 21.0. The van der Waals surface area contributed by atoms with Gasteiger partial charge in [-0.15, -0.1) is 0 Å². The van der Waals surface area contributed by atoms with Gasteiger partial charge < -0.3 is 10.2 Å². The normalized spacial score (nSPS) is 25.5. The fraction of sp³-hybridized carbons (Fsp3) is 0.625. The summed E-state index contributed by atoms with van der Waals surface area (Å²) in [6.07, 6.45) is 20.4. The van der Waals surface area contributed by atoms with Gasteiger partial charge in [0.15, 0.2) is 0 Å². The standard InChI is InChI=1S/C32H44O2/c33-31-19-17-25(21-29(31)23-11-5-3-6-12-23)27-15-9-1-2-10-16-28(27)26-18-20-32(34)30(22-26)24-13-7-4-8-14-24/h17-24,27-28,33-34H,1-16H2. The molecule has 2 nitrogen and oxygen atoms in total. The average molecular weight is 461 g/mol. The predicted molar refractivity (Wildman–Crippen MR) is 141 cm³/mol. The Balaban J connectivity index is 1.48. The highest BCUT2D eigenvalue weighted by molar-refractivity contribution is 5.44. The van der Waals surface area contributed by atoms with Crippen molar-refractivity contribution in [3.05, 3.63) is 58.7 Å². The van der Waals surface area contributed by atoms with E-state index >= 15 is 0 Å². The van der Waals surface area contributed by atoms with Crippen LogP contribution in [-0.2, 0) is 0 Å². The molecule has 3 aliphatic rings. The van der Waals surface area contributed by atoms with Crippen LogP contribution in [-0.4, -0.2) is 10.2 Å². The van der Waals surface area contributed by atoms with Gasteiger partial charge >= 0.3 is 0 Å². The van der Waals surface area contributed by atoms with Crippen LogP contribution in [0.3, 0.4) is 0 Å². The molecule has 5 rings (SSSR count). The SMILES string of the molecule is Oc1ccc(C2CCCCCCC2c2ccc(O)c(C3CCCCC3)c2)cc1C1CCCCC1. The molecule has 2 N–H and O–H groups in total. The van der Waals surface area contributed by atoms with Crippen LogP contribution >= 0.6 is 0 Å². The molecular formula is C32H44O2. The van der Waals surface area contributed by atoms with Crippen LogP contribution in [0.5, 0.6) is 11.5 Å². The summed E-state index contributed by atoms with van der Waals surface area (Å²) in [5.74, 6) is 3.03. The third kappa shape index (κ3) is 5.31. The number of rotatable bonds is 4. The van der Waals surface area contributed by atoms with E-state index < -0.39 is 0 Å². The second kappa shape index (κ2) is 11.2. The molecule has 184 valence electrons. The van der Waals surface area contributed by atoms with Gasteiger partial charge in [0.25, 0.3) is 0 Å². The third-order valence-corrected chi connectivity index (χ3v) is 9.32. The number of hydrogen-bond donors (Lipinski definition) is 2. The molecule has 2 unspecified atom stereocenters. The van der Waals surface area contributed by atoms with Crippen molar-refractivity contribution in [1.29, 1.82) is 0 Å². The van der Waals surface area contributed by atoms with Crippen molar-refractivity contribution in [2.24, 2.45) is 0 Å². The van der Waals surface area contributed by atoms with Crippen molar-refractivity contribution in [2.45, 2.75) is 126 Å². The molecule has 34 heavy (non-hydrogen) atoms. The summed E-state index contributed by atoms with van der Waals surface area (Å²) >= 11 is 0. The second-order valence-electron chi connectivity index (χ2n) is 11.5. The van der Waals surface area contributed by atoms with Gasteiger partial charge in [-0.05, 0) is 96.6 Å². The highest BCUT2D eigenvalue weighted by atomic mass is 16.3. The Morgan fingerprint density at radius 1 is 0.441 bits per heavy atom. The van der Waals surface area contributed by atoms with E-state index in [1.807, 2.05) is 12.1 Å². The minimum atomic E-state index is 0.493. The van der Waals surface area contributed by atoms with Crippen molar-refractivity contribution in [2.75, 3.05) is 0 Å². The zero-order chi connectivity index (χ0) is 23.3. The fourth-order valence-corrected chi connectivity index (χ4v) is 7.37. The molecule has 2 atom stereocenters. The smallest absolute Gasteiger partial charge is 0.119 e. The van der Waals surface area contributed by atoms with Gasteiger partial charge in [0.2, 0.25) is 0 Å². The van der Waals surface area contributed by atoms with Crippen molar-refractivity contribution < 1.29 is 10.2 Å². The van der Waals surface area contributed by atoms with E-state index in [1.165, 1.54) is 125 Å². The van der Waals surface area contributed by atoms with E-state index in [0.717, 1.165) is 0 Å². The number of benzene rings is 2. The maximum absolute atomic E-state index is 10.8. The highest BCUT2D eigenvalue weighted by Crippen LogP contribution is 2.47. The van der Waals surface area contributed by atoms with E-state index in [0.29, 0.717) is 35.2 Å². The van der Waals surface area contributed by atoms with E-state index in [9.17, 15) is 10.2 Å². The minimum absolute atomic E-state index is 0.493. The van der Waals surface area contributed by atoms with Crippen LogP contribution in [0.1, 0.15) is 149 Å². The number of phenolic OH excluding ortho intramolecular Hbond substituents is 2. The molecular weight excluding hydrogens is 416 g/mol. The molecule has 3 aliphatic carbocycles. The molecule has 2 aromatic rings. The van der Waals surface area contributed by atoms with Gasteiger partial charge in [0, 0.05) is 0 Å². The Labute approximate surface area is 206 Å².